The van der Waals surface area contributed by atoms with Crippen molar-refractivity contribution in [3.05, 3.63) is 40.7 Å². The highest BCUT2D eigenvalue weighted by Crippen LogP contribution is 2.22. The Morgan fingerprint density at radius 1 is 1.40 bits per heavy atom. The Morgan fingerprint density at radius 2 is 2.27 bits per heavy atom. The van der Waals surface area contributed by atoms with Crippen LogP contribution in [0.5, 0.6) is 5.88 Å². The summed E-state index contributed by atoms with van der Waals surface area (Å²) in [5.74, 6) is 0.925. The largest absolute Gasteiger partial charge is 0.468 e. The van der Waals surface area contributed by atoms with Crippen molar-refractivity contribution in [1.29, 1.82) is 0 Å². The molecule has 6 heteroatoms. The van der Waals surface area contributed by atoms with E-state index >= 15 is 0 Å². The number of nitrogens with zero attached hydrogens (tertiary/aromatic N) is 2. The van der Waals surface area contributed by atoms with Gasteiger partial charge in [0.15, 0.2) is 0 Å². The van der Waals surface area contributed by atoms with Crippen molar-refractivity contribution >= 4 is 23.2 Å². The predicted molar refractivity (Wildman–Crippen MR) is 55.1 cm³/mol. The first-order valence-electron chi connectivity index (χ1n) is 4.09. The fourth-order valence-corrected chi connectivity index (χ4v) is 1.24. The van der Waals surface area contributed by atoms with Crippen molar-refractivity contribution in [2.45, 2.75) is 6.61 Å². The summed E-state index contributed by atoms with van der Waals surface area (Å²) in [5, 5.41) is 0.403. The molecule has 0 spiro atoms. The summed E-state index contributed by atoms with van der Waals surface area (Å²) in [4.78, 5) is 7.53. The smallest absolute Gasteiger partial charge is 0.237 e. The molecule has 0 unspecified atom stereocenters. The average Bonchev–Trinajstić information content (AvgIpc) is 2.72. The van der Waals surface area contributed by atoms with Crippen LogP contribution in [0.2, 0.25) is 10.3 Å². The molecule has 2 rings (SSSR count). The molecule has 4 nitrogen and oxygen atoms in total. The highest BCUT2D eigenvalue weighted by molar-refractivity contribution is 6.32. The number of hydrogen-bond donors (Lipinski definition) is 0. The Bertz CT molecular complexity index is 445. The van der Waals surface area contributed by atoms with Crippen LogP contribution in [-0.4, -0.2) is 9.97 Å². The van der Waals surface area contributed by atoms with Gasteiger partial charge < -0.3 is 9.15 Å². The predicted octanol–water partition coefficient (Wildman–Crippen LogP) is 2.96. The molecule has 0 fully saturated rings. The molecule has 0 saturated heterocycles. The standard InChI is InChI=1S/C9H6Cl2N2O2/c10-7-4-12-9(11)13-8(7)15-5-6-2-1-3-14-6/h1-4H,5H2. The van der Waals surface area contributed by atoms with Crippen LogP contribution in [-0.2, 0) is 6.61 Å². The summed E-state index contributed by atoms with van der Waals surface area (Å²) >= 11 is 11.4. The van der Waals surface area contributed by atoms with E-state index in [0.717, 1.165) is 0 Å². The molecule has 2 heterocycles. The molecule has 0 radical (unpaired) electrons. The van der Waals surface area contributed by atoms with Gasteiger partial charge in [-0.3, -0.25) is 0 Å². The minimum absolute atomic E-state index is 0.0915. The Balaban J connectivity index is 2.07. The van der Waals surface area contributed by atoms with Gasteiger partial charge in [0.05, 0.1) is 12.5 Å². The number of rotatable bonds is 3. The molecular formula is C9H6Cl2N2O2. The van der Waals surface area contributed by atoms with E-state index in [0.29, 0.717) is 10.8 Å². The third kappa shape index (κ3) is 2.61. The van der Waals surface area contributed by atoms with Gasteiger partial charge in [-0.05, 0) is 23.7 Å². The summed E-state index contributed by atoms with van der Waals surface area (Å²) < 4.78 is 10.4. The van der Waals surface area contributed by atoms with E-state index in [1.807, 2.05) is 0 Å². The van der Waals surface area contributed by atoms with Crippen LogP contribution in [0.4, 0.5) is 0 Å². The lowest BCUT2D eigenvalue weighted by Crippen LogP contribution is -1.97. The summed E-state index contributed by atoms with van der Waals surface area (Å²) in [5.41, 5.74) is 0. The normalized spacial score (nSPS) is 10.3. The molecule has 0 aliphatic heterocycles. The van der Waals surface area contributed by atoms with E-state index in [2.05, 4.69) is 9.97 Å². The Morgan fingerprint density at radius 3 is 3.00 bits per heavy atom. The molecule has 78 valence electrons. The van der Waals surface area contributed by atoms with Gasteiger partial charge >= 0.3 is 0 Å². The first kappa shape index (κ1) is 10.3. The molecule has 0 amide bonds. The van der Waals surface area contributed by atoms with Gasteiger partial charge in [-0.25, -0.2) is 4.98 Å². The Hall–Kier alpha value is -1.26. The quantitative estimate of drug-likeness (QED) is 0.780. The van der Waals surface area contributed by atoms with Crippen LogP contribution in [0.1, 0.15) is 5.76 Å². The second-order valence-corrected chi connectivity index (χ2v) is 3.41. The minimum atomic E-state index is 0.0915. The fraction of sp³-hybridized carbons (Fsp3) is 0.111. The van der Waals surface area contributed by atoms with Gasteiger partial charge in [-0.1, -0.05) is 11.6 Å². The molecule has 0 bridgehead atoms. The van der Waals surface area contributed by atoms with Gasteiger partial charge in [0.25, 0.3) is 0 Å². The van der Waals surface area contributed by atoms with Crippen molar-refractivity contribution in [2.75, 3.05) is 0 Å². The van der Waals surface area contributed by atoms with Crippen molar-refractivity contribution < 1.29 is 9.15 Å². The monoisotopic (exact) mass is 244 g/mol. The minimum Gasteiger partial charge on any atom is -0.468 e. The van der Waals surface area contributed by atoms with Crippen LogP contribution < -0.4 is 4.74 Å². The van der Waals surface area contributed by atoms with Crippen molar-refractivity contribution in [1.82, 2.24) is 9.97 Å². The molecule has 0 aromatic carbocycles. The molecule has 0 atom stereocenters. The lowest BCUT2D eigenvalue weighted by molar-refractivity contribution is 0.260. The second kappa shape index (κ2) is 4.51. The number of ether oxygens (including phenoxy) is 1. The van der Waals surface area contributed by atoms with E-state index in [1.165, 1.54) is 6.20 Å². The fourth-order valence-electron chi connectivity index (χ4n) is 0.967. The van der Waals surface area contributed by atoms with E-state index in [4.69, 9.17) is 32.4 Å². The molecule has 15 heavy (non-hydrogen) atoms. The molecule has 0 aliphatic rings. The van der Waals surface area contributed by atoms with Crippen molar-refractivity contribution in [2.24, 2.45) is 0 Å². The van der Waals surface area contributed by atoms with E-state index in [1.54, 1.807) is 18.4 Å². The molecule has 2 aromatic rings. The Kier molecular flexibility index (Phi) is 3.08. The maximum atomic E-state index is 5.80. The van der Waals surface area contributed by atoms with E-state index in [-0.39, 0.29) is 17.8 Å². The Labute approximate surface area is 95.8 Å². The zero-order valence-electron chi connectivity index (χ0n) is 7.48. The van der Waals surface area contributed by atoms with Gasteiger partial charge in [0.2, 0.25) is 11.2 Å². The first-order valence-corrected chi connectivity index (χ1v) is 4.84. The van der Waals surface area contributed by atoms with E-state index in [9.17, 15) is 0 Å². The van der Waals surface area contributed by atoms with Crippen LogP contribution in [0.15, 0.2) is 29.0 Å². The summed E-state index contributed by atoms with van der Waals surface area (Å²) in [6.07, 6.45) is 2.95. The SMILES string of the molecule is Clc1ncc(Cl)c(OCc2ccco2)n1. The molecule has 0 N–H and O–H groups in total. The van der Waals surface area contributed by atoms with Gasteiger partial charge in [-0.15, -0.1) is 0 Å². The molecule has 0 aliphatic carbocycles. The summed E-state index contributed by atoms with van der Waals surface area (Å²) in [6, 6.07) is 3.56. The highest BCUT2D eigenvalue weighted by Gasteiger charge is 2.06. The third-order valence-corrected chi connectivity index (χ3v) is 2.06. The average molecular weight is 245 g/mol. The molecule has 2 aromatic heterocycles. The topological polar surface area (TPSA) is 48.2 Å². The lowest BCUT2D eigenvalue weighted by Gasteiger charge is -2.04. The molecular weight excluding hydrogens is 239 g/mol. The van der Waals surface area contributed by atoms with Crippen LogP contribution in [0, 0.1) is 0 Å². The summed E-state index contributed by atoms with van der Waals surface area (Å²) in [7, 11) is 0. The van der Waals surface area contributed by atoms with Crippen molar-refractivity contribution in [3.8, 4) is 5.88 Å². The second-order valence-electron chi connectivity index (χ2n) is 2.66. The number of hydrogen-bond acceptors (Lipinski definition) is 4. The maximum Gasteiger partial charge on any atom is 0.237 e. The molecule has 0 saturated carbocycles. The third-order valence-electron chi connectivity index (χ3n) is 1.61. The van der Waals surface area contributed by atoms with Crippen molar-refractivity contribution in [3.63, 3.8) is 0 Å². The highest BCUT2D eigenvalue weighted by atomic mass is 35.5. The maximum absolute atomic E-state index is 5.80. The van der Waals surface area contributed by atoms with Gasteiger partial charge in [0, 0.05) is 0 Å². The first-order chi connectivity index (χ1) is 7.25. The van der Waals surface area contributed by atoms with Gasteiger partial charge in [-0.2, -0.15) is 4.98 Å². The van der Waals surface area contributed by atoms with Crippen LogP contribution in [0.3, 0.4) is 0 Å². The zero-order chi connectivity index (χ0) is 10.7. The van der Waals surface area contributed by atoms with Crippen LogP contribution in [0.25, 0.3) is 0 Å². The number of furan rings is 1. The van der Waals surface area contributed by atoms with Gasteiger partial charge in [0.1, 0.15) is 17.4 Å². The number of aromatic nitrogens is 2. The summed E-state index contributed by atoms with van der Waals surface area (Å²) in [6.45, 7) is 0.250. The van der Waals surface area contributed by atoms with Crippen LogP contribution >= 0.6 is 23.2 Å². The number of halogens is 2. The zero-order valence-corrected chi connectivity index (χ0v) is 9.00. The lowest BCUT2D eigenvalue weighted by atomic mass is 10.5. The van der Waals surface area contributed by atoms with E-state index < -0.39 is 0 Å².